The highest BCUT2D eigenvalue weighted by molar-refractivity contribution is 5.78. The van der Waals surface area contributed by atoms with Crippen LogP contribution < -0.4 is 0 Å². The molecule has 3 nitrogen and oxygen atoms in total. The van der Waals surface area contributed by atoms with E-state index in [1.54, 1.807) is 0 Å². The molecular formula is C61H100N2O. The van der Waals surface area contributed by atoms with Crippen LogP contribution in [0.3, 0.4) is 0 Å². The average Bonchev–Trinajstić information content (AvgIpc) is 3.35. The first-order valence-corrected chi connectivity index (χ1v) is 29.5. The molecular weight excluding hydrogens is 777 g/mol. The first-order valence-electron chi connectivity index (χ1n) is 29.5. The van der Waals surface area contributed by atoms with Gasteiger partial charge >= 0.3 is 0 Å². The van der Waals surface area contributed by atoms with E-state index in [9.17, 15) is 15.3 Å². The molecule has 10 rings (SSSR count). The molecule has 0 aromatic heterocycles. The standard InChI is InChI=1S/C61H100N2O/c1-3-29-58-31-37-60(38-32-58,39-33-58)55-25-21-51(22-26-55)53(45-62)43-49-17-13-47(14-18-49)9-5-7-11-57(64)12-8-6-10-48-15-19-50(20-16-48)44-54(46-63)52-23-27-56(28-24-52)61-40-34-59(30-4-2,35-41-61)36-42-61/h47-56H,3-44H2,1-2H3. The second kappa shape index (κ2) is 22.8. The van der Waals surface area contributed by atoms with Gasteiger partial charge in [-0.05, 0) is 236 Å². The van der Waals surface area contributed by atoms with Gasteiger partial charge in [0.05, 0.1) is 12.1 Å². The van der Waals surface area contributed by atoms with Gasteiger partial charge in [0.25, 0.3) is 0 Å². The number of nitrogens with zero attached hydrogens (tertiary/aromatic N) is 2. The Morgan fingerprint density at radius 3 is 1.09 bits per heavy atom. The lowest BCUT2D eigenvalue weighted by molar-refractivity contribution is -0.119. The van der Waals surface area contributed by atoms with Crippen LogP contribution in [0.15, 0.2) is 0 Å². The van der Waals surface area contributed by atoms with Gasteiger partial charge in [-0.3, -0.25) is 4.79 Å². The third-order valence-electron chi connectivity index (χ3n) is 23.0. The number of rotatable bonds is 22. The van der Waals surface area contributed by atoms with Crippen molar-refractivity contribution in [2.75, 3.05) is 0 Å². The Bertz CT molecular complexity index is 1350. The van der Waals surface area contributed by atoms with Gasteiger partial charge in [0.15, 0.2) is 0 Å². The van der Waals surface area contributed by atoms with E-state index in [0.29, 0.717) is 40.3 Å². The van der Waals surface area contributed by atoms with Crippen LogP contribution in [0.4, 0.5) is 0 Å². The molecule has 0 spiro atoms. The highest BCUT2D eigenvalue weighted by Gasteiger charge is 2.53. The van der Waals surface area contributed by atoms with Gasteiger partial charge in [-0.1, -0.05) is 104 Å². The van der Waals surface area contributed by atoms with Gasteiger partial charge in [-0.2, -0.15) is 10.5 Å². The predicted octanol–water partition coefficient (Wildman–Crippen LogP) is 18.2. The van der Waals surface area contributed by atoms with E-state index in [0.717, 1.165) is 72.0 Å². The molecule has 360 valence electrons. The molecule has 0 aliphatic heterocycles. The molecule has 0 amide bonds. The lowest BCUT2D eigenvalue weighted by atomic mass is 9.47. The third-order valence-corrected chi connectivity index (χ3v) is 23.0. The number of nitriles is 2. The van der Waals surface area contributed by atoms with Crippen molar-refractivity contribution in [3.63, 3.8) is 0 Å². The van der Waals surface area contributed by atoms with Crippen LogP contribution in [-0.4, -0.2) is 5.78 Å². The van der Waals surface area contributed by atoms with E-state index in [1.807, 2.05) is 0 Å². The Morgan fingerprint density at radius 1 is 0.453 bits per heavy atom. The second-order valence-electron chi connectivity index (χ2n) is 26.2. The Kier molecular flexibility index (Phi) is 17.5. The quantitative estimate of drug-likeness (QED) is 0.102. The van der Waals surface area contributed by atoms with Crippen molar-refractivity contribution < 1.29 is 4.79 Å². The van der Waals surface area contributed by atoms with Crippen LogP contribution in [-0.2, 0) is 4.79 Å². The SMILES string of the molecule is CCCC12CCC(C3CCC(C(C#N)CC4CCC(CCCCC(=O)CCCCC5CCC(CC(C#N)C6CCC(C78CCC(CCC)(CC7)CC8)CC6)CC5)CC4)CC3)(CC1)CC2. The van der Waals surface area contributed by atoms with Crippen molar-refractivity contribution in [1.29, 1.82) is 10.5 Å². The Morgan fingerprint density at radius 2 is 0.781 bits per heavy atom. The van der Waals surface area contributed by atoms with E-state index < -0.39 is 0 Å². The number of carbonyl (C=O) groups excluding carboxylic acids is 1. The molecule has 0 aromatic rings. The minimum absolute atomic E-state index is 0.294. The van der Waals surface area contributed by atoms with Crippen LogP contribution in [0.5, 0.6) is 0 Å². The molecule has 2 atom stereocenters. The molecule has 0 saturated heterocycles. The molecule has 0 heterocycles. The number of carbonyl (C=O) groups is 1. The fraction of sp³-hybridized carbons (Fsp3) is 0.951. The van der Waals surface area contributed by atoms with Gasteiger partial charge in [0.1, 0.15) is 5.78 Å². The van der Waals surface area contributed by atoms with E-state index in [1.165, 1.54) is 244 Å². The summed E-state index contributed by atoms with van der Waals surface area (Å²) in [5.41, 5.74) is 2.78. The number of Topliss-reactive ketones (excluding diaryl/α,β-unsaturated/α-hetero) is 1. The normalized spacial score (nSPS) is 40.9. The zero-order valence-corrected chi connectivity index (χ0v) is 42.3. The van der Waals surface area contributed by atoms with Crippen LogP contribution in [0.1, 0.15) is 284 Å². The molecule has 10 aliphatic carbocycles. The largest absolute Gasteiger partial charge is 0.300 e. The number of hydrogen-bond acceptors (Lipinski definition) is 3. The molecule has 0 N–H and O–H groups in total. The lowest BCUT2D eigenvalue weighted by Crippen LogP contribution is -2.46. The fourth-order valence-corrected chi connectivity index (χ4v) is 18.5. The topological polar surface area (TPSA) is 64.7 Å². The summed E-state index contributed by atoms with van der Waals surface area (Å²) in [4.78, 5) is 12.8. The van der Waals surface area contributed by atoms with Crippen molar-refractivity contribution >= 4 is 5.78 Å². The van der Waals surface area contributed by atoms with Crippen molar-refractivity contribution in [3.05, 3.63) is 0 Å². The zero-order chi connectivity index (χ0) is 44.5. The van der Waals surface area contributed by atoms with E-state index in [4.69, 9.17) is 0 Å². The van der Waals surface area contributed by atoms with Gasteiger partial charge in [0.2, 0.25) is 0 Å². The van der Waals surface area contributed by atoms with Gasteiger partial charge in [-0.15, -0.1) is 0 Å². The molecule has 3 heteroatoms. The maximum absolute atomic E-state index is 12.8. The second-order valence-corrected chi connectivity index (χ2v) is 26.2. The Balaban J connectivity index is 0.621. The van der Waals surface area contributed by atoms with Crippen molar-refractivity contribution in [1.82, 2.24) is 0 Å². The summed E-state index contributed by atoms with van der Waals surface area (Å²) in [7, 11) is 0. The Hall–Kier alpha value is -1.35. The summed E-state index contributed by atoms with van der Waals surface area (Å²) in [5.74, 6) is 7.56. The highest BCUT2D eigenvalue weighted by atomic mass is 16.1. The van der Waals surface area contributed by atoms with Crippen LogP contribution in [0, 0.1) is 104 Å². The summed E-state index contributed by atoms with van der Waals surface area (Å²) in [6, 6.07) is 5.71. The first kappa shape index (κ1) is 49.1. The molecule has 2 unspecified atom stereocenters. The summed E-state index contributed by atoms with van der Waals surface area (Å²) in [6.45, 7) is 4.78. The van der Waals surface area contributed by atoms with Crippen LogP contribution in [0.2, 0.25) is 0 Å². The van der Waals surface area contributed by atoms with Crippen LogP contribution >= 0.6 is 0 Å². The first-order chi connectivity index (χ1) is 31.2. The van der Waals surface area contributed by atoms with Crippen molar-refractivity contribution in [2.45, 2.75) is 284 Å². The minimum Gasteiger partial charge on any atom is -0.300 e. The monoisotopic (exact) mass is 877 g/mol. The van der Waals surface area contributed by atoms with E-state index in [-0.39, 0.29) is 0 Å². The summed E-state index contributed by atoms with van der Waals surface area (Å²) in [6.07, 6.45) is 56.7. The maximum Gasteiger partial charge on any atom is 0.132 e. The molecule has 64 heavy (non-hydrogen) atoms. The fourth-order valence-electron chi connectivity index (χ4n) is 18.5. The molecule has 10 saturated carbocycles. The zero-order valence-electron chi connectivity index (χ0n) is 42.3. The summed E-state index contributed by atoms with van der Waals surface area (Å²) >= 11 is 0. The summed E-state index contributed by atoms with van der Waals surface area (Å²) < 4.78 is 0. The van der Waals surface area contributed by atoms with Crippen molar-refractivity contribution in [3.8, 4) is 12.1 Å². The molecule has 10 fully saturated rings. The van der Waals surface area contributed by atoms with Gasteiger partial charge in [0, 0.05) is 24.7 Å². The molecule has 0 aromatic carbocycles. The summed E-state index contributed by atoms with van der Waals surface area (Å²) in [5, 5.41) is 20.6. The Labute approximate surface area is 396 Å². The van der Waals surface area contributed by atoms with Gasteiger partial charge in [-0.25, -0.2) is 0 Å². The maximum atomic E-state index is 12.8. The molecule has 4 bridgehead atoms. The minimum atomic E-state index is 0.294. The molecule has 10 aliphatic rings. The average molecular weight is 877 g/mol. The van der Waals surface area contributed by atoms with Gasteiger partial charge < -0.3 is 0 Å². The van der Waals surface area contributed by atoms with E-state index in [2.05, 4.69) is 26.0 Å². The number of hydrogen-bond donors (Lipinski definition) is 0. The van der Waals surface area contributed by atoms with E-state index >= 15 is 0 Å². The third kappa shape index (κ3) is 11.9. The number of ketones is 1. The number of fused-ring (bicyclic) bond motifs is 6. The van der Waals surface area contributed by atoms with Crippen LogP contribution in [0.25, 0.3) is 0 Å². The van der Waals surface area contributed by atoms with Crippen molar-refractivity contribution in [2.24, 2.45) is 80.8 Å². The lowest BCUT2D eigenvalue weighted by Gasteiger charge is -2.58. The predicted molar refractivity (Wildman–Crippen MR) is 266 cm³/mol. The number of unbranched alkanes of at least 4 members (excludes halogenated alkanes) is 2. The smallest absolute Gasteiger partial charge is 0.132 e. The highest BCUT2D eigenvalue weighted by Crippen LogP contribution is 2.65. The molecule has 0 radical (unpaired) electrons.